The molecule has 3 aliphatic heterocycles. The van der Waals surface area contributed by atoms with Gasteiger partial charge in [0.25, 0.3) is 0 Å². The first-order valence-corrected chi connectivity index (χ1v) is 20.1. The molecule has 0 aromatic heterocycles. The molecule has 3 saturated heterocycles. The van der Waals surface area contributed by atoms with Crippen molar-refractivity contribution in [1.82, 2.24) is 0 Å². The quantitative estimate of drug-likeness (QED) is 0.0812. The van der Waals surface area contributed by atoms with Crippen LogP contribution in [0.3, 0.4) is 0 Å². The van der Waals surface area contributed by atoms with E-state index in [9.17, 15) is 55.5 Å². The summed E-state index contributed by atoms with van der Waals surface area (Å²) in [5, 5.41) is 95.6. The van der Waals surface area contributed by atoms with Gasteiger partial charge in [0.05, 0.1) is 42.7 Å². The number of esters is 2. The summed E-state index contributed by atoms with van der Waals surface area (Å²) in [6.45, 7) is 0.302. The largest absolute Gasteiger partial charge is 0.463 e. The number of fused-ring (bicyclic) bond motifs is 1. The Morgan fingerprint density at radius 1 is 0.589 bits per heavy atom. The number of carbonyl (C=O) groups is 2. The van der Waals surface area contributed by atoms with Gasteiger partial charge >= 0.3 is 11.9 Å². The fourth-order valence-electron chi connectivity index (χ4n) is 9.11. The van der Waals surface area contributed by atoms with Crippen LogP contribution in [0.4, 0.5) is 0 Å². The van der Waals surface area contributed by atoms with E-state index >= 15 is 0 Å². The first-order valence-electron chi connectivity index (χ1n) is 20.1. The van der Waals surface area contributed by atoms with Gasteiger partial charge in [-0.05, 0) is 76.0 Å². The van der Waals surface area contributed by atoms with Gasteiger partial charge in [-0.25, -0.2) is 4.79 Å². The lowest BCUT2D eigenvalue weighted by Crippen LogP contribution is -2.63. The fraction of sp³-hybridized carbons (Fsp3) is 0.895. The van der Waals surface area contributed by atoms with Crippen molar-refractivity contribution in [1.29, 1.82) is 0 Å². The van der Waals surface area contributed by atoms with Crippen LogP contribution in [0.15, 0.2) is 12.2 Å². The Morgan fingerprint density at radius 3 is 1.70 bits per heavy atom. The maximum absolute atomic E-state index is 12.6. The molecule has 6 aliphatic rings. The zero-order valence-corrected chi connectivity index (χ0v) is 31.6. The minimum atomic E-state index is -1.73. The Hall–Kier alpha value is -1.88. The minimum absolute atomic E-state index is 0.0788. The third-order valence-corrected chi connectivity index (χ3v) is 12.4. The van der Waals surface area contributed by atoms with Crippen LogP contribution in [0.2, 0.25) is 0 Å². The summed E-state index contributed by atoms with van der Waals surface area (Å²) >= 11 is 0. The molecule has 18 nitrogen and oxygen atoms in total. The third-order valence-electron chi connectivity index (χ3n) is 12.4. The van der Waals surface area contributed by atoms with Gasteiger partial charge in [-0.2, -0.15) is 0 Å². The maximum atomic E-state index is 12.6. The Kier molecular flexibility index (Phi) is 15.2. The number of carbonyl (C=O) groups excluding carboxylic acids is 2. The first-order chi connectivity index (χ1) is 26.7. The van der Waals surface area contributed by atoms with Gasteiger partial charge in [-0.3, -0.25) is 4.79 Å². The molecular formula is C38H60O18. The molecule has 0 aromatic rings. The van der Waals surface area contributed by atoms with E-state index in [-0.39, 0.29) is 37.2 Å². The van der Waals surface area contributed by atoms with Crippen molar-refractivity contribution in [2.45, 2.75) is 182 Å². The third kappa shape index (κ3) is 10.6. The van der Waals surface area contributed by atoms with E-state index in [0.29, 0.717) is 38.5 Å². The molecule has 0 radical (unpaired) electrons. The topological polar surface area (TPSA) is 281 Å². The zero-order chi connectivity index (χ0) is 40.3. The number of hydrogen-bond donors (Lipinski definition) is 9. The molecule has 0 spiro atoms. The lowest BCUT2D eigenvalue weighted by Gasteiger charge is -2.52. The van der Waals surface area contributed by atoms with Crippen LogP contribution in [-0.4, -0.2) is 175 Å². The molecule has 0 bridgehead atoms. The monoisotopic (exact) mass is 804 g/mol. The maximum Gasteiger partial charge on any atom is 0.330 e. The highest BCUT2D eigenvalue weighted by Gasteiger charge is 2.54. The number of ether oxygens (including phenoxy) is 7. The van der Waals surface area contributed by atoms with Crippen molar-refractivity contribution in [3.63, 3.8) is 0 Å². The van der Waals surface area contributed by atoms with Gasteiger partial charge in [-0.15, -0.1) is 0 Å². The number of aliphatic hydroxyl groups is 9. The Balaban J connectivity index is 1.15. The second kappa shape index (κ2) is 19.5. The highest BCUT2D eigenvalue weighted by Crippen LogP contribution is 2.45. The molecule has 9 N–H and O–H groups in total. The highest BCUT2D eigenvalue weighted by molar-refractivity contribution is 5.81. The van der Waals surface area contributed by atoms with Crippen molar-refractivity contribution < 1.29 is 88.7 Å². The number of aliphatic hydroxyl groups excluding tert-OH is 9. The molecule has 18 heteroatoms. The van der Waals surface area contributed by atoms with E-state index < -0.39 is 129 Å². The lowest BCUT2D eigenvalue weighted by atomic mass is 9.73. The Bertz CT molecular complexity index is 1300. The molecule has 320 valence electrons. The van der Waals surface area contributed by atoms with E-state index in [4.69, 9.17) is 33.2 Å². The molecule has 16 atom stereocenters. The van der Waals surface area contributed by atoms with Gasteiger partial charge in [0, 0.05) is 25.3 Å². The van der Waals surface area contributed by atoms with Crippen LogP contribution in [-0.2, 0) is 42.7 Å². The second-order valence-electron chi connectivity index (χ2n) is 16.5. The number of hydrogen-bond acceptors (Lipinski definition) is 18. The molecule has 3 heterocycles. The summed E-state index contributed by atoms with van der Waals surface area (Å²) in [6, 6.07) is 0. The average molecular weight is 805 g/mol. The minimum Gasteiger partial charge on any atom is -0.463 e. The van der Waals surface area contributed by atoms with E-state index in [2.05, 4.69) is 0 Å². The van der Waals surface area contributed by atoms with Crippen molar-refractivity contribution >= 4 is 11.9 Å². The second-order valence-corrected chi connectivity index (χ2v) is 16.5. The number of allylic oxidation sites excluding steroid dienone is 1. The smallest absolute Gasteiger partial charge is 0.330 e. The molecule has 6 rings (SSSR count). The van der Waals surface area contributed by atoms with E-state index in [0.717, 1.165) is 12.8 Å². The van der Waals surface area contributed by atoms with Crippen molar-refractivity contribution in [2.24, 2.45) is 17.8 Å². The van der Waals surface area contributed by atoms with E-state index in [1.165, 1.54) is 13.0 Å². The normalized spacial score (nSPS) is 47.5. The summed E-state index contributed by atoms with van der Waals surface area (Å²) in [5.74, 6) is -1.81. The first kappa shape index (κ1) is 43.7. The molecule has 3 aliphatic carbocycles. The highest BCUT2D eigenvalue weighted by atomic mass is 16.7. The molecule has 0 amide bonds. The van der Waals surface area contributed by atoms with Crippen LogP contribution in [0.1, 0.15) is 77.6 Å². The van der Waals surface area contributed by atoms with Crippen LogP contribution < -0.4 is 0 Å². The summed E-state index contributed by atoms with van der Waals surface area (Å²) in [6.07, 6.45) is -11.5. The van der Waals surface area contributed by atoms with Crippen LogP contribution in [0.5, 0.6) is 0 Å². The molecule has 56 heavy (non-hydrogen) atoms. The SMILES string of the molecule is CC(=O)OCC1OC(OC2CC(O)CC3OC(C4CCC(O)CC4)C(OC4OC(COC(=O)C=CC5CCC(O)CC5)C(O)C(O)C4O)CC23)C(O)C(O)C1O. The van der Waals surface area contributed by atoms with Crippen LogP contribution in [0.25, 0.3) is 0 Å². The molecule has 16 unspecified atom stereocenters. The van der Waals surface area contributed by atoms with Gasteiger partial charge < -0.3 is 79.1 Å². The summed E-state index contributed by atoms with van der Waals surface area (Å²) < 4.78 is 41.4. The Labute approximate surface area is 325 Å². The average Bonchev–Trinajstić information content (AvgIpc) is 3.17. The fourth-order valence-corrected chi connectivity index (χ4v) is 9.11. The molecule has 6 fully saturated rings. The molecular weight excluding hydrogens is 744 g/mol. The predicted molar refractivity (Wildman–Crippen MR) is 188 cm³/mol. The van der Waals surface area contributed by atoms with Gasteiger partial charge in [0.2, 0.25) is 0 Å². The van der Waals surface area contributed by atoms with Gasteiger partial charge in [0.15, 0.2) is 12.6 Å². The predicted octanol–water partition coefficient (Wildman–Crippen LogP) is -1.93. The Morgan fingerprint density at radius 2 is 1.12 bits per heavy atom. The summed E-state index contributed by atoms with van der Waals surface area (Å²) in [4.78, 5) is 24.0. The van der Waals surface area contributed by atoms with Crippen molar-refractivity contribution in [3.05, 3.63) is 12.2 Å². The van der Waals surface area contributed by atoms with Crippen LogP contribution >= 0.6 is 0 Å². The standard InChI is InChI=1S/C38H60O18/c1-17(39)50-15-27-30(44)32(46)34(48)37(55-27)53-25-13-22(42)12-24-23(25)14-26(36(52-24)19-5-9-21(41)10-6-19)54-38-35(49)33(47)31(45)28(56-38)16-51-29(43)11-4-18-2-7-20(40)8-3-18/h4,11,18-28,30-38,40-42,44-49H,2-3,5-10,12-16H2,1H3. The van der Waals surface area contributed by atoms with E-state index in [1.54, 1.807) is 6.08 Å². The van der Waals surface area contributed by atoms with Crippen molar-refractivity contribution in [3.8, 4) is 0 Å². The molecule has 3 saturated carbocycles. The number of rotatable bonds is 11. The van der Waals surface area contributed by atoms with Crippen LogP contribution in [0, 0.1) is 17.8 Å². The molecule has 0 aromatic carbocycles. The summed E-state index contributed by atoms with van der Waals surface area (Å²) in [5.41, 5.74) is 0. The van der Waals surface area contributed by atoms with Gasteiger partial charge in [0.1, 0.15) is 62.0 Å². The zero-order valence-electron chi connectivity index (χ0n) is 31.6. The lowest BCUT2D eigenvalue weighted by molar-refractivity contribution is -0.344. The van der Waals surface area contributed by atoms with E-state index in [1.807, 2.05) is 0 Å². The summed E-state index contributed by atoms with van der Waals surface area (Å²) in [7, 11) is 0. The van der Waals surface area contributed by atoms with Gasteiger partial charge in [-0.1, -0.05) is 6.08 Å². The van der Waals surface area contributed by atoms with Crippen molar-refractivity contribution in [2.75, 3.05) is 13.2 Å².